The molecular formula is C64H119NO5. The second-order valence-electron chi connectivity index (χ2n) is 21.0. The van der Waals surface area contributed by atoms with Gasteiger partial charge in [-0.15, -0.1) is 0 Å². The summed E-state index contributed by atoms with van der Waals surface area (Å²) in [4.78, 5) is 24.5. The van der Waals surface area contributed by atoms with Crippen LogP contribution in [0.15, 0.2) is 48.6 Å². The standard InChI is InChI=1S/C64H119NO5/c1-3-5-7-9-11-13-14-15-16-28-32-35-38-42-46-50-54-58-64(69)70-59-55-51-47-43-39-36-33-30-27-25-23-21-19-17-18-20-22-24-26-29-31-34-37-41-45-49-53-57-63(68)65-61(60-66)62(67)56-52-48-44-40-12-10-8-6-4-2/h11,13,15-18,21,23,61-62,66-67H,3-10,12,14,19-20,22,24-60H2,1-2H3,(H,65,68)/b13-11-,16-15-,18-17-,23-21-. The van der Waals surface area contributed by atoms with Crippen LogP contribution < -0.4 is 5.32 Å². The molecule has 0 aliphatic rings. The molecule has 0 heterocycles. The van der Waals surface area contributed by atoms with Crippen LogP contribution in [0.5, 0.6) is 0 Å². The van der Waals surface area contributed by atoms with Crippen molar-refractivity contribution < 1.29 is 24.5 Å². The third-order valence-corrected chi connectivity index (χ3v) is 14.1. The number of rotatable bonds is 57. The smallest absolute Gasteiger partial charge is 0.305 e. The zero-order valence-electron chi connectivity index (χ0n) is 46.7. The van der Waals surface area contributed by atoms with Crippen LogP contribution in [-0.4, -0.2) is 47.4 Å². The van der Waals surface area contributed by atoms with Gasteiger partial charge < -0.3 is 20.3 Å². The lowest BCUT2D eigenvalue weighted by molar-refractivity contribution is -0.143. The zero-order chi connectivity index (χ0) is 50.7. The molecule has 70 heavy (non-hydrogen) atoms. The molecule has 0 spiro atoms. The number of aliphatic hydroxyl groups is 2. The Kier molecular flexibility index (Phi) is 57.5. The molecule has 3 N–H and O–H groups in total. The highest BCUT2D eigenvalue weighted by atomic mass is 16.5. The van der Waals surface area contributed by atoms with Crippen LogP contribution >= 0.6 is 0 Å². The summed E-state index contributed by atoms with van der Waals surface area (Å²) in [6.45, 7) is 4.90. The Bertz CT molecular complexity index is 1180. The largest absolute Gasteiger partial charge is 0.466 e. The topological polar surface area (TPSA) is 95.9 Å². The van der Waals surface area contributed by atoms with Gasteiger partial charge in [0.2, 0.25) is 5.91 Å². The number of esters is 1. The van der Waals surface area contributed by atoms with Gasteiger partial charge in [-0.25, -0.2) is 0 Å². The fourth-order valence-electron chi connectivity index (χ4n) is 9.35. The van der Waals surface area contributed by atoms with Crippen LogP contribution in [0, 0.1) is 0 Å². The summed E-state index contributed by atoms with van der Waals surface area (Å²) in [5.74, 6) is -0.0382. The maximum absolute atomic E-state index is 12.4. The summed E-state index contributed by atoms with van der Waals surface area (Å²) < 4.78 is 5.48. The van der Waals surface area contributed by atoms with E-state index in [-0.39, 0.29) is 18.5 Å². The predicted molar refractivity (Wildman–Crippen MR) is 306 cm³/mol. The van der Waals surface area contributed by atoms with Crippen molar-refractivity contribution in [3.63, 3.8) is 0 Å². The van der Waals surface area contributed by atoms with Gasteiger partial charge in [0.15, 0.2) is 0 Å². The Labute approximate surface area is 436 Å². The molecule has 2 atom stereocenters. The molecule has 0 saturated heterocycles. The molecule has 0 bridgehead atoms. The Morgan fingerprint density at radius 3 is 1.11 bits per heavy atom. The number of hydrogen-bond donors (Lipinski definition) is 3. The van der Waals surface area contributed by atoms with E-state index in [9.17, 15) is 19.8 Å². The lowest BCUT2D eigenvalue weighted by atomic mass is 10.0. The number of carbonyl (C=O) groups excluding carboxylic acids is 2. The number of aliphatic hydroxyl groups excluding tert-OH is 2. The molecule has 0 saturated carbocycles. The molecule has 0 aliphatic heterocycles. The first-order chi connectivity index (χ1) is 34.5. The fraction of sp³-hybridized carbons (Fsp3) is 0.844. The first kappa shape index (κ1) is 67.8. The van der Waals surface area contributed by atoms with E-state index in [2.05, 4.69) is 67.8 Å². The van der Waals surface area contributed by atoms with Crippen LogP contribution in [0.4, 0.5) is 0 Å². The summed E-state index contributed by atoms with van der Waals surface area (Å²) >= 11 is 0. The van der Waals surface area contributed by atoms with Crippen molar-refractivity contribution in [3.05, 3.63) is 48.6 Å². The summed E-state index contributed by atoms with van der Waals surface area (Å²) in [6.07, 6.45) is 75.6. The first-order valence-corrected chi connectivity index (χ1v) is 30.9. The highest BCUT2D eigenvalue weighted by Crippen LogP contribution is 2.17. The van der Waals surface area contributed by atoms with Crippen LogP contribution in [0.1, 0.15) is 322 Å². The summed E-state index contributed by atoms with van der Waals surface area (Å²) in [5.41, 5.74) is 0. The molecule has 410 valence electrons. The van der Waals surface area contributed by atoms with Gasteiger partial charge in [-0.1, -0.05) is 268 Å². The molecule has 0 aromatic heterocycles. The van der Waals surface area contributed by atoms with E-state index in [0.717, 1.165) is 57.8 Å². The first-order valence-electron chi connectivity index (χ1n) is 30.9. The van der Waals surface area contributed by atoms with Crippen LogP contribution in [0.3, 0.4) is 0 Å². The van der Waals surface area contributed by atoms with E-state index in [1.807, 2.05) is 0 Å². The van der Waals surface area contributed by atoms with E-state index in [4.69, 9.17) is 4.74 Å². The van der Waals surface area contributed by atoms with Gasteiger partial charge in [0.05, 0.1) is 25.4 Å². The van der Waals surface area contributed by atoms with Gasteiger partial charge >= 0.3 is 5.97 Å². The Morgan fingerprint density at radius 1 is 0.400 bits per heavy atom. The van der Waals surface area contributed by atoms with Crippen LogP contribution in [0.25, 0.3) is 0 Å². The number of amides is 1. The number of allylic oxidation sites excluding steroid dienone is 8. The molecular weight excluding hydrogens is 863 g/mol. The van der Waals surface area contributed by atoms with Crippen molar-refractivity contribution in [2.24, 2.45) is 0 Å². The highest BCUT2D eigenvalue weighted by Gasteiger charge is 2.20. The number of hydrogen-bond acceptors (Lipinski definition) is 5. The number of ether oxygens (including phenoxy) is 1. The van der Waals surface area contributed by atoms with Gasteiger partial charge in [-0.3, -0.25) is 9.59 Å². The lowest BCUT2D eigenvalue weighted by Crippen LogP contribution is -2.45. The van der Waals surface area contributed by atoms with Crippen molar-refractivity contribution in [3.8, 4) is 0 Å². The third kappa shape index (κ3) is 55.1. The van der Waals surface area contributed by atoms with Gasteiger partial charge in [0.25, 0.3) is 0 Å². The van der Waals surface area contributed by atoms with Crippen molar-refractivity contribution in [1.82, 2.24) is 5.32 Å². The van der Waals surface area contributed by atoms with Gasteiger partial charge in [-0.2, -0.15) is 0 Å². The van der Waals surface area contributed by atoms with E-state index in [0.29, 0.717) is 25.9 Å². The van der Waals surface area contributed by atoms with E-state index in [1.165, 1.54) is 231 Å². The summed E-state index contributed by atoms with van der Waals surface area (Å²) in [6, 6.07) is -0.542. The van der Waals surface area contributed by atoms with Gasteiger partial charge in [0.1, 0.15) is 0 Å². The number of nitrogens with one attached hydrogen (secondary N) is 1. The minimum absolute atomic E-state index is 0.00244. The normalized spacial score (nSPS) is 12.9. The third-order valence-electron chi connectivity index (χ3n) is 14.1. The molecule has 0 fully saturated rings. The quantitative estimate of drug-likeness (QED) is 0.0321. The molecule has 0 radical (unpaired) electrons. The fourth-order valence-corrected chi connectivity index (χ4v) is 9.35. The second kappa shape index (κ2) is 59.4. The van der Waals surface area contributed by atoms with E-state index < -0.39 is 12.1 Å². The minimum Gasteiger partial charge on any atom is -0.466 e. The monoisotopic (exact) mass is 982 g/mol. The average Bonchev–Trinajstić information content (AvgIpc) is 3.36. The average molecular weight is 983 g/mol. The molecule has 6 nitrogen and oxygen atoms in total. The molecule has 0 aliphatic carbocycles. The zero-order valence-corrected chi connectivity index (χ0v) is 46.7. The summed E-state index contributed by atoms with van der Waals surface area (Å²) in [7, 11) is 0. The molecule has 0 aromatic carbocycles. The Hall–Kier alpha value is -2.18. The molecule has 0 rings (SSSR count). The van der Waals surface area contributed by atoms with E-state index >= 15 is 0 Å². The molecule has 0 aromatic rings. The van der Waals surface area contributed by atoms with Crippen molar-refractivity contribution in [1.29, 1.82) is 0 Å². The predicted octanol–water partition coefficient (Wildman–Crippen LogP) is 19.4. The van der Waals surface area contributed by atoms with Gasteiger partial charge in [0, 0.05) is 12.8 Å². The maximum Gasteiger partial charge on any atom is 0.305 e. The summed E-state index contributed by atoms with van der Waals surface area (Å²) in [5, 5.41) is 23.1. The molecule has 2 unspecified atom stereocenters. The highest BCUT2D eigenvalue weighted by molar-refractivity contribution is 5.76. The molecule has 1 amide bonds. The van der Waals surface area contributed by atoms with Crippen molar-refractivity contribution in [2.75, 3.05) is 13.2 Å². The number of unbranched alkanes of at least 4 members (excludes halogenated alkanes) is 38. The van der Waals surface area contributed by atoms with Gasteiger partial charge in [-0.05, 0) is 89.9 Å². The maximum atomic E-state index is 12.4. The number of carbonyl (C=O) groups is 2. The molecule has 6 heteroatoms. The van der Waals surface area contributed by atoms with Crippen LogP contribution in [0.2, 0.25) is 0 Å². The van der Waals surface area contributed by atoms with Crippen molar-refractivity contribution >= 4 is 11.9 Å². The Morgan fingerprint density at radius 2 is 0.714 bits per heavy atom. The lowest BCUT2D eigenvalue weighted by Gasteiger charge is -2.22. The Balaban J connectivity index is 3.39. The van der Waals surface area contributed by atoms with E-state index in [1.54, 1.807) is 0 Å². The minimum atomic E-state index is -0.665. The van der Waals surface area contributed by atoms with Crippen LogP contribution in [-0.2, 0) is 14.3 Å². The second-order valence-corrected chi connectivity index (χ2v) is 21.0. The van der Waals surface area contributed by atoms with Crippen molar-refractivity contribution in [2.45, 2.75) is 334 Å². The SMILES string of the molecule is CCCCC/C=C\C/C=C\CCCCCCCCCC(=O)OCCCCCCCCCCC/C=C\C/C=C\CCCCCCCCCCCCCC(=O)NC(CO)C(O)CCCCCCCCCCC.